The maximum atomic E-state index is 13.4. The molecular formula is C18H23FN8OS. The van der Waals surface area contributed by atoms with Crippen LogP contribution in [0.5, 0.6) is 0 Å². The predicted molar refractivity (Wildman–Crippen MR) is 116 cm³/mol. The van der Waals surface area contributed by atoms with Crippen molar-refractivity contribution >= 4 is 46.6 Å². The first kappa shape index (κ1) is 22.0. The molecule has 0 aromatic carbocycles. The first-order valence-electron chi connectivity index (χ1n) is 8.52. The number of carbonyl (C=O) groups excluding carboxylic acids is 1. The van der Waals surface area contributed by atoms with E-state index >= 15 is 0 Å². The van der Waals surface area contributed by atoms with E-state index in [1.807, 2.05) is 0 Å². The number of nitrogens with one attached hydrogen (secondary N) is 1. The molecule has 0 aliphatic carbocycles. The Hall–Kier alpha value is -3.34. The van der Waals surface area contributed by atoms with Gasteiger partial charge in [-0.3, -0.25) is 14.8 Å². The van der Waals surface area contributed by atoms with E-state index in [0.717, 1.165) is 11.0 Å². The van der Waals surface area contributed by atoms with Gasteiger partial charge in [0.1, 0.15) is 5.01 Å². The molecule has 9 nitrogen and oxygen atoms in total. The van der Waals surface area contributed by atoms with Crippen LogP contribution in [0.3, 0.4) is 0 Å². The molecule has 11 heteroatoms. The van der Waals surface area contributed by atoms with Crippen molar-refractivity contribution in [1.82, 2.24) is 14.6 Å². The Morgan fingerprint density at radius 2 is 2.17 bits per heavy atom. The van der Waals surface area contributed by atoms with Crippen molar-refractivity contribution in [2.75, 3.05) is 20.6 Å². The van der Waals surface area contributed by atoms with Gasteiger partial charge in [-0.1, -0.05) is 0 Å². The number of hydrogen-bond donors (Lipinski definition) is 3. The third-order valence-electron chi connectivity index (χ3n) is 3.97. The van der Waals surface area contributed by atoms with Gasteiger partial charge in [-0.05, 0) is 6.08 Å². The summed E-state index contributed by atoms with van der Waals surface area (Å²) < 4.78 is 15.8. The van der Waals surface area contributed by atoms with Crippen molar-refractivity contribution in [2.24, 2.45) is 28.6 Å². The number of carbonyl (C=O) groups is 1. The van der Waals surface area contributed by atoms with Crippen LogP contribution in [-0.4, -0.2) is 60.1 Å². The number of allylic oxidation sites excluding steroid dienone is 3. The maximum Gasteiger partial charge on any atom is 0.167 e. The summed E-state index contributed by atoms with van der Waals surface area (Å²) in [5.74, 6) is -0.792. The Balaban J connectivity index is 2.36. The summed E-state index contributed by atoms with van der Waals surface area (Å²) in [4.78, 5) is 19.9. The summed E-state index contributed by atoms with van der Waals surface area (Å²) in [5, 5.41) is 13.5. The van der Waals surface area contributed by atoms with Crippen LogP contribution in [0.4, 0.5) is 4.39 Å². The Labute approximate surface area is 171 Å². The van der Waals surface area contributed by atoms with Gasteiger partial charge >= 0.3 is 0 Å². The predicted octanol–water partition coefficient (Wildman–Crippen LogP) is 1.59. The summed E-state index contributed by atoms with van der Waals surface area (Å²) in [6.45, 7) is 0.382. The number of nitrogens with zero attached hydrogens (tertiary/aromatic N) is 5. The average Bonchev–Trinajstić information content (AvgIpc) is 3.21. The number of hydrazone groups is 1. The van der Waals surface area contributed by atoms with Gasteiger partial charge in [0.05, 0.1) is 35.1 Å². The molecule has 0 spiro atoms. The summed E-state index contributed by atoms with van der Waals surface area (Å²) >= 11 is 1.30. The number of aliphatic imine (C=N–C) groups is 1. The van der Waals surface area contributed by atoms with E-state index < -0.39 is 5.83 Å². The molecular weight excluding hydrogens is 395 g/mol. The van der Waals surface area contributed by atoms with Crippen molar-refractivity contribution in [1.29, 1.82) is 5.41 Å². The molecule has 2 aromatic heterocycles. The molecule has 0 aliphatic rings. The molecule has 0 fully saturated rings. The molecule has 0 unspecified atom stereocenters. The highest BCUT2D eigenvalue weighted by molar-refractivity contribution is 7.19. The van der Waals surface area contributed by atoms with Gasteiger partial charge in [0.2, 0.25) is 0 Å². The van der Waals surface area contributed by atoms with Crippen molar-refractivity contribution in [3.63, 3.8) is 0 Å². The highest BCUT2D eigenvalue weighted by atomic mass is 32.1. The van der Waals surface area contributed by atoms with E-state index in [4.69, 9.17) is 16.9 Å². The topological polar surface area (TPSA) is 139 Å². The minimum absolute atomic E-state index is 0.0671. The lowest BCUT2D eigenvalue weighted by Crippen LogP contribution is -2.19. The molecule has 0 aliphatic heterocycles. The Kier molecular flexibility index (Phi) is 7.37. The lowest BCUT2D eigenvalue weighted by atomic mass is 10.3. The number of halogens is 1. The van der Waals surface area contributed by atoms with Crippen LogP contribution in [0.15, 0.2) is 33.4 Å². The second-order valence-electron chi connectivity index (χ2n) is 6.14. The smallest absolute Gasteiger partial charge is 0.167 e. The first-order valence-corrected chi connectivity index (χ1v) is 9.33. The molecule has 0 radical (unpaired) electrons. The molecule has 0 amide bonds. The van der Waals surface area contributed by atoms with Gasteiger partial charge in [-0.15, -0.1) is 11.3 Å². The van der Waals surface area contributed by atoms with Crippen LogP contribution in [0.2, 0.25) is 0 Å². The number of nitrogens with two attached hydrogens (primary N) is 2. The van der Waals surface area contributed by atoms with E-state index in [9.17, 15) is 9.18 Å². The fourth-order valence-corrected chi connectivity index (χ4v) is 3.67. The lowest BCUT2D eigenvalue weighted by Gasteiger charge is -2.12. The molecule has 2 heterocycles. The van der Waals surface area contributed by atoms with Crippen LogP contribution in [0.25, 0.3) is 10.3 Å². The maximum absolute atomic E-state index is 13.4. The van der Waals surface area contributed by atoms with Gasteiger partial charge < -0.3 is 21.4 Å². The standard InChI is InChI=1S/C18H23FN8OS/c1-23-5-4-11(21)9-26(2)24-8-12-15(10-28)27(3)18-17(12)29-16(25-18)6-14(22)13(19)7-20/h4-5,7-8,10,20H,6,9,21-22H2,1-3H3/b11-4?,14-13?,20-7?,23-5?,24-8-. The second-order valence-corrected chi connectivity index (χ2v) is 7.22. The minimum atomic E-state index is -0.792. The zero-order chi connectivity index (χ0) is 21.6. The van der Waals surface area contributed by atoms with E-state index in [-0.39, 0.29) is 12.1 Å². The number of fused-ring (bicyclic) bond motifs is 1. The average molecular weight is 419 g/mol. The van der Waals surface area contributed by atoms with E-state index in [1.165, 1.54) is 11.3 Å². The molecule has 5 N–H and O–H groups in total. The fourth-order valence-electron chi connectivity index (χ4n) is 2.54. The number of aryl methyl sites for hydroxylation is 1. The van der Waals surface area contributed by atoms with Crippen molar-refractivity contribution in [3.05, 3.63) is 39.6 Å². The van der Waals surface area contributed by atoms with Gasteiger partial charge in [0.25, 0.3) is 0 Å². The summed E-state index contributed by atoms with van der Waals surface area (Å²) in [5.41, 5.74) is 13.7. The molecule has 0 saturated heterocycles. The summed E-state index contributed by atoms with van der Waals surface area (Å²) in [6, 6.07) is 0. The second kappa shape index (κ2) is 9.73. The Bertz CT molecular complexity index is 1030. The Morgan fingerprint density at radius 1 is 1.45 bits per heavy atom. The van der Waals surface area contributed by atoms with Crippen LogP contribution in [-0.2, 0) is 13.5 Å². The van der Waals surface area contributed by atoms with Crippen LogP contribution < -0.4 is 11.5 Å². The molecule has 2 rings (SSSR count). The summed E-state index contributed by atoms with van der Waals surface area (Å²) in [7, 11) is 5.13. The molecule has 29 heavy (non-hydrogen) atoms. The van der Waals surface area contributed by atoms with E-state index in [1.54, 1.807) is 49.2 Å². The van der Waals surface area contributed by atoms with Gasteiger partial charge in [0, 0.05) is 45.0 Å². The van der Waals surface area contributed by atoms with Gasteiger partial charge in [-0.2, -0.15) is 5.10 Å². The largest absolute Gasteiger partial charge is 0.400 e. The van der Waals surface area contributed by atoms with Gasteiger partial charge in [0.15, 0.2) is 17.8 Å². The normalized spacial score (nSPS) is 13.4. The third-order valence-corrected chi connectivity index (χ3v) is 5.05. The molecule has 154 valence electrons. The quantitative estimate of drug-likeness (QED) is 0.322. The number of aldehydes is 1. The van der Waals surface area contributed by atoms with E-state index in [2.05, 4.69) is 15.1 Å². The number of likely N-dealkylation sites (N-methyl/N-ethyl adjacent to an activating group) is 1. The van der Waals surface area contributed by atoms with Crippen LogP contribution in [0.1, 0.15) is 21.1 Å². The van der Waals surface area contributed by atoms with Crippen molar-refractivity contribution < 1.29 is 9.18 Å². The zero-order valence-corrected chi connectivity index (χ0v) is 17.2. The Morgan fingerprint density at radius 3 is 2.79 bits per heavy atom. The van der Waals surface area contributed by atoms with Crippen LogP contribution in [0, 0.1) is 5.41 Å². The molecule has 2 aromatic rings. The highest BCUT2D eigenvalue weighted by Crippen LogP contribution is 2.30. The van der Waals surface area contributed by atoms with Gasteiger partial charge in [-0.25, -0.2) is 9.37 Å². The van der Waals surface area contributed by atoms with Crippen LogP contribution >= 0.6 is 11.3 Å². The van der Waals surface area contributed by atoms with Crippen molar-refractivity contribution in [3.8, 4) is 0 Å². The number of thiazole rings is 1. The minimum Gasteiger partial charge on any atom is -0.400 e. The number of rotatable bonds is 9. The fraction of sp³-hybridized carbons (Fsp3) is 0.278. The molecule has 0 saturated carbocycles. The van der Waals surface area contributed by atoms with E-state index in [0.29, 0.717) is 40.4 Å². The monoisotopic (exact) mass is 418 g/mol. The molecule has 0 bridgehead atoms. The number of aromatic nitrogens is 2. The lowest BCUT2D eigenvalue weighted by molar-refractivity contribution is 0.111. The van der Waals surface area contributed by atoms with Crippen molar-refractivity contribution in [2.45, 2.75) is 6.42 Å². The number of hydrogen-bond acceptors (Lipinski definition) is 9. The SMILES string of the molecule is CN=CC=C(N)CN(C)/N=C\c1c(C=O)n(C)c2nc(CC(N)=C(F)C=N)sc12. The molecule has 0 atom stereocenters. The zero-order valence-electron chi connectivity index (χ0n) is 16.4. The highest BCUT2D eigenvalue weighted by Gasteiger charge is 2.19. The third kappa shape index (κ3) is 5.13. The first-order chi connectivity index (χ1) is 13.8. The summed E-state index contributed by atoms with van der Waals surface area (Å²) in [6.07, 6.45) is 6.24.